The molecule has 23 heavy (non-hydrogen) atoms. The van der Waals surface area contributed by atoms with Gasteiger partial charge in [0, 0.05) is 24.7 Å². The fourth-order valence-corrected chi connectivity index (χ4v) is 2.63. The first kappa shape index (κ1) is 15.6. The minimum Gasteiger partial charge on any atom is -0.391 e. The highest BCUT2D eigenvalue weighted by Crippen LogP contribution is 2.17. The Kier molecular flexibility index (Phi) is 4.40. The molecule has 0 radical (unpaired) electrons. The number of rotatable bonds is 3. The molecule has 1 aromatic carbocycles. The van der Waals surface area contributed by atoms with Crippen molar-refractivity contribution >= 4 is 5.91 Å². The molecule has 0 aliphatic carbocycles. The zero-order valence-electron chi connectivity index (χ0n) is 13.3. The number of carbonyl (C=O) groups excluding carboxylic acids is 1. The minimum atomic E-state index is -0.511. The van der Waals surface area contributed by atoms with Crippen molar-refractivity contribution in [1.29, 1.82) is 0 Å². The van der Waals surface area contributed by atoms with E-state index >= 15 is 0 Å². The normalized spacial score (nSPS) is 21.2. The number of aliphatic hydroxyl groups excluding tert-OH is 1. The molecule has 1 aromatic heterocycles. The predicted octanol–water partition coefficient (Wildman–Crippen LogP) is 0.243. The molecule has 2 heterocycles. The van der Waals surface area contributed by atoms with Gasteiger partial charge in [-0.05, 0) is 32.0 Å². The molecule has 7 heteroatoms. The molecule has 122 valence electrons. The number of aromatic nitrogens is 3. The summed E-state index contributed by atoms with van der Waals surface area (Å²) in [5.41, 5.74) is 1.33. The molecule has 3 rings (SSSR count). The van der Waals surface area contributed by atoms with Crippen LogP contribution in [-0.4, -0.2) is 51.0 Å². The summed E-state index contributed by atoms with van der Waals surface area (Å²) in [4.78, 5) is 16.8. The van der Waals surface area contributed by atoms with E-state index in [4.69, 9.17) is 0 Å². The molecule has 0 unspecified atom stereocenters. The largest absolute Gasteiger partial charge is 0.391 e. The van der Waals surface area contributed by atoms with E-state index < -0.39 is 6.10 Å². The third-order valence-corrected chi connectivity index (χ3v) is 4.13. The lowest BCUT2D eigenvalue weighted by Crippen LogP contribution is -2.53. The summed E-state index contributed by atoms with van der Waals surface area (Å²) >= 11 is 0. The van der Waals surface area contributed by atoms with E-state index in [1.54, 1.807) is 16.8 Å². The van der Waals surface area contributed by atoms with E-state index in [2.05, 4.69) is 20.7 Å². The van der Waals surface area contributed by atoms with Crippen molar-refractivity contribution in [2.24, 2.45) is 7.05 Å². The van der Waals surface area contributed by atoms with Gasteiger partial charge in [0.1, 0.15) is 5.82 Å². The first-order valence-corrected chi connectivity index (χ1v) is 7.72. The Balaban J connectivity index is 1.77. The maximum absolute atomic E-state index is 12.4. The van der Waals surface area contributed by atoms with E-state index in [0.29, 0.717) is 24.4 Å². The van der Waals surface area contributed by atoms with Crippen LogP contribution in [0.2, 0.25) is 0 Å². The zero-order chi connectivity index (χ0) is 16.4. The lowest BCUT2D eigenvalue weighted by molar-refractivity contribution is 0.0755. The molecule has 0 saturated carbocycles. The monoisotopic (exact) mass is 315 g/mol. The number of carbonyl (C=O) groups is 1. The maximum atomic E-state index is 12.4. The quantitative estimate of drug-likeness (QED) is 0.755. The van der Waals surface area contributed by atoms with Crippen LogP contribution in [0.5, 0.6) is 0 Å². The average Bonchev–Trinajstić information content (AvgIpc) is 2.89. The Labute approximate surface area is 134 Å². The Hall–Kier alpha value is -2.25. The molecule has 1 amide bonds. The second kappa shape index (κ2) is 6.47. The van der Waals surface area contributed by atoms with Gasteiger partial charge in [-0.2, -0.15) is 5.10 Å². The predicted molar refractivity (Wildman–Crippen MR) is 85.9 cm³/mol. The van der Waals surface area contributed by atoms with Crippen LogP contribution in [0.3, 0.4) is 0 Å². The van der Waals surface area contributed by atoms with E-state index in [0.717, 1.165) is 17.9 Å². The Morgan fingerprint density at radius 3 is 3.00 bits per heavy atom. The summed E-state index contributed by atoms with van der Waals surface area (Å²) in [7, 11) is 1.83. The van der Waals surface area contributed by atoms with Crippen molar-refractivity contribution in [3.63, 3.8) is 0 Å². The second-order valence-corrected chi connectivity index (χ2v) is 5.83. The number of aliphatic hydroxyl groups is 1. The van der Waals surface area contributed by atoms with Crippen molar-refractivity contribution in [2.75, 3.05) is 13.1 Å². The summed E-state index contributed by atoms with van der Waals surface area (Å²) in [6.45, 7) is 3.23. The maximum Gasteiger partial charge on any atom is 0.251 e. The van der Waals surface area contributed by atoms with Crippen LogP contribution >= 0.6 is 0 Å². The van der Waals surface area contributed by atoms with Crippen LogP contribution in [0.1, 0.15) is 22.6 Å². The lowest BCUT2D eigenvalue weighted by Gasteiger charge is -2.29. The van der Waals surface area contributed by atoms with Crippen LogP contribution < -0.4 is 10.6 Å². The van der Waals surface area contributed by atoms with Crippen LogP contribution in [0, 0.1) is 6.92 Å². The number of hydrogen-bond donors (Lipinski definition) is 3. The molecule has 3 N–H and O–H groups in total. The topological polar surface area (TPSA) is 92.1 Å². The van der Waals surface area contributed by atoms with Gasteiger partial charge in [-0.3, -0.25) is 9.48 Å². The van der Waals surface area contributed by atoms with Crippen LogP contribution in [0.25, 0.3) is 11.4 Å². The Morgan fingerprint density at radius 1 is 1.48 bits per heavy atom. The van der Waals surface area contributed by atoms with E-state index in [9.17, 15) is 9.90 Å². The second-order valence-electron chi connectivity index (χ2n) is 5.83. The van der Waals surface area contributed by atoms with E-state index in [-0.39, 0.29) is 11.9 Å². The molecule has 0 spiro atoms. The van der Waals surface area contributed by atoms with E-state index in [1.807, 2.05) is 26.1 Å². The van der Waals surface area contributed by atoms with Crippen molar-refractivity contribution in [3.8, 4) is 11.4 Å². The number of nitrogens with one attached hydrogen (secondary N) is 2. The molecule has 2 atom stereocenters. The fraction of sp³-hybridized carbons (Fsp3) is 0.438. The smallest absolute Gasteiger partial charge is 0.251 e. The molecular formula is C16H21N5O2. The van der Waals surface area contributed by atoms with Gasteiger partial charge in [-0.1, -0.05) is 12.1 Å². The summed E-state index contributed by atoms with van der Waals surface area (Å²) < 4.78 is 1.70. The first-order valence-electron chi connectivity index (χ1n) is 7.72. The van der Waals surface area contributed by atoms with Gasteiger partial charge in [0.15, 0.2) is 5.82 Å². The third-order valence-electron chi connectivity index (χ3n) is 4.13. The highest BCUT2D eigenvalue weighted by Gasteiger charge is 2.24. The van der Waals surface area contributed by atoms with Gasteiger partial charge in [0.25, 0.3) is 5.91 Å². The van der Waals surface area contributed by atoms with Gasteiger partial charge >= 0.3 is 0 Å². The van der Waals surface area contributed by atoms with Crippen molar-refractivity contribution < 1.29 is 9.90 Å². The Morgan fingerprint density at radius 2 is 2.30 bits per heavy atom. The molecule has 7 nitrogen and oxygen atoms in total. The average molecular weight is 315 g/mol. The zero-order valence-corrected chi connectivity index (χ0v) is 13.3. The number of amides is 1. The highest BCUT2D eigenvalue weighted by molar-refractivity contribution is 5.95. The summed E-state index contributed by atoms with van der Waals surface area (Å²) in [6.07, 6.45) is 0.130. The van der Waals surface area contributed by atoms with Gasteiger partial charge in [-0.25, -0.2) is 4.98 Å². The number of hydrogen-bond acceptors (Lipinski definition) is 5. The molecule has 1 aliphatic rings. The summed E-state index contributed by atoms with van der Waals surface area (Å²) in [5.74, 6) is 1.21. The van der Waals surface area contributed by atoms with Gasteiger partial charge in [0.2, 0.25) is 0 Å². The standard InChI is InChI=1S/C16H21N5O2/c1-10-18-15(20-21(10)2)11-4-3-5-12(8-11)16(23)19-13-9-17-7-6-14(13)22/h3-5,8,13-14,17,22H,6-7,9H2,1-2H3,(H,19,23)/t13-,14-/m1/s1. The molecular weight excluding hydrogens is 294 g/mol. The number of piperidine rings is 1. The number of aryl methyl sites for hydroxylation is 2. The lowest BCUT2D eigenvalue weighted by atomic mass is 10.0. The first-order chi connectivity index (χ1) is 11.0. The summed E-state index contributed by atoms with van der Waals surface area (Å²) in [5, 5.41) is 20.3. The minimum absolute atomic E-state index is 0.202. The van der Waals surface area contributed by atoms with Crippen LogP contribution in [0.15, 0.2) is 24.3 Å². The van der Waals surface area contributed by atoms with Crippen LogP contribution in [0.4, 0.5) is 0 Å². The molecule has 1 saturated heterocycles. The van der Waals surface area contributed by atoms with Gasteiger partial charge in [-0.15, -0.1) is 0 Å². The fourth-order valence-electron chi connectivity index (χ4n) is 2.63. The number of benzene rings is 1. The molecule has 1 aliphatic heterocycles. The molecule has 1 fully saturated rings. The van der Waals surface area contributed by atoms with Gasteiger partial charge in [0.05, 0.1) is 12.1 Å². The SMILES string of the molecule is Cc1nc(-c2cccc(C(=O)N[C@@H]3CNCC[C@H]3O)c2)nn1C. The van der Waals surface area contributed by atoms with Crippen molar-refractivity contribution in [1.82, 2.24) is 25.4 Å². The highest BCUT2D eigenvalue weighted by atomic mass is 16.3. The third kappa shape index (κ3) is 3.40. The number of nitrogens with zero attached hydrogens (tertiary/aromatic N) is 3. The van der Waals surface area contributed by atoms with Gasteiger partial charge < -0.3 is 15.7 Å². The molecule has 0 bridgehead atoms. The Bertz CT molecular complexity index is 693. The van der Waals surface area contributed by atoms with E-state index in [1.165, 1.54) is 0 Å². The van der Waals surface area contributed by atoms with Crippen molar-refractivity contribution in [2.45, 2.75) is 25.5 Å². The van der Waals surface area contributed by atoms with Crippen LogP contribution in [-0.2, 0) is 7.05 Å². The van der Waals surface area contributed by atoms with Crippen molar-refractivity contribution in [3.05, 3.63) is 35.7 Å². The summed E-state index contributed by atoms with van der Waals surface area (Å²) in [6, 6.07) is 6.94. The molecule has 2 aromatic rings.